The van der Waals surface area contributed by atoms with Crippen molar-refractivity contribution in [2.75, 3.05) is 26.3 Å². The van der Waals surface area contributed by atoms with Crippen LogP contribution in [0.2, 0.25) is 0 Å². The van der Waals surface area contributed by atoms with E-state index in [9.17, 15) is 9.59 Å². The Hall–Kier alpha value is -1.14. The Balaban J connectivity index is 1.19. The number of nitrogens with one attached hydrogen (secondary N) is 2. The lowest BCUT2D eigenvalue weighted by atomic mass is 9.82. The van der Waals surface area contributed by atoms with Gasteiger partial charge in [-0.1, -0.05) is 0 Å². The molecule has 3 fully saturated rings. The molecular formula is C24H42N2O4. The summed E-state index contributed by atoms with van der Waals surface area (Å²) in [5, 5.41) is 6.26. The number of hydrogen-bond acceptors (Lipinski definition) is 4. The van der Waals surface area contributed by atoms with Crippen LogP contribution in [0.5, 0.6) is 0 Å². The van der Waals surface area contributed by atoms with Crippen LogP contribution in [0.15, 0.2) is 0 Å². The van der Waals surface area contributed by atoms with E-state index in [0.717, 1.165) is 90.5 Å². The average Bonchev–Trinajstić information content (AvgIpc) is 2.80. The van der Waals surface area contributed by atoms with E-state index in [1.807, 2.05) is 0 Å². The molecule has 2 amide bonds. The number of ether oxygens (including phenoxy) is 2. The molecule has 2 unspecified atom stereocenters. The van der Waals surface area contributed by atoms with Crippen LogP contribution in [0.25, 0.3) is 0 Å². The molecule has 0 aromatic carbocycles. The van der Waals surface area contributed by atoms with Gasteiger partial charge in [0.25, 0.3) is 0 Å². The molecule has 3 aliphatic rings. The van der Waals surface area contributed by atoms with Crippen LogP contribution in [-0.4, -0.2) is 50.3 Å². The number of rotatable bonds is 10. The summed E-state index contributed by atoms with van der Waals surface area (Å²) in [7, 11) is 0. The van der Waals surface area contributed by atoms with Gasteiger partial charge in [-0.2, -0.15) is 0 Å². The molecule has 2 heterocycles. The van der Waals surface area contributed by atoms with Crippen molar-refractivity contribution < 1.29 is 19.1 Å². The van der Waals surface area contributed by atoms with E-state index in [1.54, 1.807) is 0 Å². The van der Waals surface area contributed by atoms with E-state index in [0.29, 0.717) is 24.7 Å². The Morgan fingerprint density at radius 3 is 1.43 bits per heavy atom. The van der Waals surface area contributed by atoms with Gasteiger partial charge in [-0.15, -0.1) is 0 Å². The fourth-order valence-electron chi connectivity index (χ4n) is 4.99. The number of carbonyl (C=O) groups excluding carboxylic acids is 2. The number of hydrogen-bond donors (Lipinski definition) is 2. The van der Waals surface area contributed by atoms with Crippen molar-refractivity contribution in [1.29, 1.82) is 0 Å². The Labute approximate surface area is 182 Å². The quantitative estimate of drug-likeness (QED) is 0.562. The summed E-state index contributed by atoms with van der Waals surface area (Å²) >= 11 is 0. The van der Waals surface area contributed by atoms with Crippen LogP contribution < -0.4 is 10.6 Å². The van der Waals surface area contributed by atoms with E-state index in [1.165, 1.54) is 12.8 Å². The lowest BCUT2D eigenvalue weighted by Crippen LogP contribution is -2.35. The third-order valence-electron chi connectivity index (χ3n) is 7.08. The van der Waals surface area contributed by atoms with Gasteiger partial charge in [-0.3, -0.25) is 9.59 Å². The second kappa shape index (κ2) is 13.3. The molecule has 0 aromatic rings. The van der Waals surface area contributed by atoms with Crippen LogP contribution in [0.3, 0.4) is 0 Å². The molecule has 0 aromatic heterocycles. The predicted molar refractivity (Wildman–Crippen MR) is 117 cm³/mol. The highest BCUT2D eigenvalue weighted by Gasteiger charge is 2.23. The van der Waals surface area contributed by atoms with E-state index in [4.69, 9.17) is 9.47 Å². The van der Waals surface area contributed by atoms with Crippen molar-refractivity contribution in [2.24, 2.45) is 11.8 Å². The monoisotopic (exact) mass is 422 g/mol. The van der Waals surface area contributed by atoms with Crippen molar-refractivity contribution >= 4 is 11.8 Å². The zero-order valence-electron chi connectivity index (χ0n) is 18.7. The maximum Gasteiger partial charge on any atom is 0.220 e. The maximum absolute atomic E-state index is 12.1. The lowest BCUT2D eigenvalue weighted by molar-refractivity contribution is -0.123. The van der Waals surface area contributed by atoms with Crippen molar-refractivity contribution in [3.63, 3.8) is 0 Å². The average molecular weight is 423 g/mol. The summed E-state index contributed by atoms with van der Waals surface area (Å²) in [6, 6.07) is 0. The fraction of sp³-hybridized carbons (Fsp3) is 0.917. The van der Waals surface area contributed by atoms with Gasteiger partial charge in [0.2, 0.25) is 11.8 Å². The highest BCUT2D eigenvalue weighted by Crippen LogP contribution is 2.28. The van der Waals surface area contributed by atoms with Crippen LogP contribution in [0.1, 0.15) is 89.9 Å². The van der Waals surface area contributed by atoms with Crippen molar-refractivity contribution in [3.8, 4) is 0 Å². The predicted octanol–water partition coefficient (Wildman–Crippen LogP) is 3.72. The minimum atomic E-state index is 0.167. The molecule has 3 rings (SSSR count). The SMILES string of the molecule is O=C(CCC1CCCCO1)NCC1CCC(CNC(=O)CCC2CCCCO2)CC1. The highest BCUT2D eigenvalue weighted by atomic mass is 16.5. The van der Waals surface area contributed by atoms with Gasteiger partial charge in [0.1, 0.15) is 0 Å². The smallest absolute Gasteiger partial charge is 0.220 e. The third-order valence-corrected chi connectivity index (χ3v) is 7.08. The van der Waals surface area contributed by atoms with E-state index >= 15 is 0 Å². The molecule has 172 valence electrons. The standard InChI is InChI=1S/C24H42N2O4/c27-23(13-11-21-5-1-3-15-29-21)25-17-19-7-9-20(10-8-19)18-26-24(28)14-12-22-6-2-4-16-30-22/h19-22H,1-18H2,(H,25,27)(H,26,28). The largest absolute Gasteiger partial charge is 0.378 e. The minimum absolute atomic E-state index is 0.167. The van der Waals surface area contributed by atoms with E-state index in [-0.39, 0.29) is 24.0 Å². The van der Waals surface area contributed by atoms with Gasteiger partial charge in [-0.05, 0) is 88.9 Å². The van der Waals surface area contributed by atoms with Gasteiger partial charge in [0.15, 0.2) is 0 Å². The zero-order valence-corrected chi connectivity index (χ0v) is 18.7. The van der Waals surface area contributed by atoms with Crippen LogP contribution in [-0.2, 0) is 19.1 Å². The molecule has 1 saturated carbocycles. The molecule has 0 radical (unpaired) electrons. The Morgan fingerprint density at radius 2 is 1.07 bits per heavy atom. The normalized spacial score (nSPS) is 29.9. The van der Waals surface area contributed by atoms with Gasteiger partial charge >= 0.3 is 0 Å². The summed E-state index contributed by atoms with van der Waals surface area (Å²) in [5.41, 5.74) is 0. The molecule has 1 aliphatic carbocycles. The van der Waals surface area contributed by atoms with E-state index in [2.05, 4.69) is 10.6 Å². The first-order chi connectivity index (χ1) is 14.7. The fourth-order valence-corrected chi connectivity index (χ4v) is 4.99. The summed E-state index contributed by atoms with van der Waals surface area (Å²) in [5.74, 6) is 1.49. The molecule has 0 spiro atoms. The first kappa shape index (κ1) is 23.5. The topological polar surface area (TPSA) is 76.7 Å². The first-order valence-electron chi connectivity index (χ1n) is 12.5. The third kappa shape index (κ3) is 8.93. The van der Waals surface area contributed by atoms with Crippen LogP contribution >= 0.6 is 0 Å². The summed E-state index contributed by atoms with van der Waals surface area (Å²) in [4.78, 5) is 24.2. The summed E-state index contributed by atoms with van der Waals surface area (Å²) in [6.07, 6.45) is 15.0. The number of amides is 2. The van der Waals surface area contributed by atoms with Crippen molar-refractivity contribution in [2.45, 2.75) is 102 Å². The Morgan fingerprint density at radius 1 is 0.633 bits per heavy atom. The molecular weight excluding hydrogens is 380 g/mol. The molecule has 2 atom stereocenters. The molecule has 0 bridgehead atoms. The second-order valence-electron chi connectivity index (χ2n) is 9.55. The summed E-state index contributed by atoms with van der Waals surface area (Å²) in [6.45, 7) is 3.30. The van der Waals surface area contributed by atoms with Crippen LogP contribution in [0, 0.1) is 11.8 Å². The van der Waals surface area contributed by atoms with Crippen LogP contribution in [0.4, 0.5) is 0 Å². The van der Waals surface area contributed by atoms with Gasteiger partial charge in [0.05, 0.1) is 12.2 Å². The lowest BCUT2D eigenvalue weighted by Gasteiger charge is -2.29. The van der Waals surface area contributed by atoms with E-state index < -0.39 is 0 Å². The van der Waals surface area contributed by atoms with Gasteiger partial charge < -0.3 is 20.1 Å². The molecule has 6 heteroatoms. The number of carbonyl (C=O) groups is 2. The molecule has 2 aliphatic heterocycles. The first-order valence-corrected chi connectivity index (χ1v) is 12.5. The Kier molecular flexibility index (Phi) is 10.4. The molecule has 30 heavy (non-hydrogen) atoms. The van der Waals surface area contributed by atoms with Gasteiger partial charge in [-0.25, -0.2) is 0 Å². The summed E-state index contributed by atoms with van der Waals surface area (Å²) < 4.78 is 11.4. The molecule has 2 N–H and O–H groups in total. The van der Waals surface area contributed by atoms with Gasteiger partial charge in [0, 0.05) is 39.1 Å². The second-order valence-corrected chi connectivity index (χ2v) is 9.55. The molecule has 2 saturated heterocycles. The molecule has 6 nitrogen and oxygen atoms in total. The van der Waals surface area contributed by atoms with Crippen molar-refractivity contribution in [3.05, 3.63) is 0 Å². The maximum atomic E-state index is 12.1. The Bertz CT molecular complexity index is 461. The highest BCUT2D eigenvalue weighted by molar-refractivity contribution is 5.76. The zero-order chi connectivity index (χ0) is 21.0. The van der Waals surface area contributed by atoms with Crippen molar-refractivity contribution in [1.82, 2.24) is 10.6 Å². The minimum Gasteiger partial charge on any atom is -0.378 e.